The molecule has 6 nitrogen and oxygen atoms in total. The number of halogens is 8. The van der Waals surface area contributed by atoms with Crippen molar-refractivity contribution in [1.29, 1.82) is 0 Å². The fourth-order valence-corrected chi connectivity index (χ4v) is 5.58. The molecule has 1 unspecified atom stereocenters. The van der Waals surface area contributed by atoms with E-state index in [9.17, 15) is 34.8 Å². The SMILES string of the molecule is CN1CCC(Oc2cc(NS(=O)(=O)c3ccc(C(F)(F)F)c(Oc4cc(Cl)cc(Cl)c4)c3)ccc2C(F)(F)F)C1. The smallest absolute Gasteiger partial charge is 0.419 e. The van der Waals surface area contributed by atoms with Crippen molar-refractivity contribution in [3.8, 4) is 17.2 Å². The molecular formula is C25H20Cl2F6N2O4S. The molecule has 0 aromatic heterocycles. The maximum atomic E-state index is 13.6. The molecule has 3 aromatic rings. The number of ether oxygens (including phenoxy) is 2. The molecule has 40 heavy (non-hydrogen) atoms. The lowest BCUT2D eigenvalue weighted by Gasteiger charge is -2.20. The molecule has 1 aliphatic heterocycles. The van der Waals surface area contributed by atoms with Gasteiger partial charge >= 0.3 is 12.4 Å². The molecule has 1 fully saturated rings. The van der Waals surface area contributed by atoms with Crippen molar-refractivity contribution in [1.82, 2.24) is 4.90 Å². The second-order valence-corrected chi connectivity index (χ2v) is 11.5. The molecule has 1 aliphatic rings. The van der Waals surface area contributed by atoms with Gasteiger partial charge in [-0.15, -0.1) is 0 Å². The first-order valence-corrected chi connectivity index (χ1v) is 13.7. The predicted molar refractivity (Wildman–Crippen MR) is 137 cm³/mol. The standard InChI is InChI=1S/C25H20Cl2F6N2O4S/c1-35-7-6-17(13-35)38-22-11-16(2-4-20(22)24(28,29)30)34-40(36,37)19-3-5-21(25(31,32)33)23(12-19)39-18-9-14(26)8-15(27)10-18/h2-5,8-12,17,34H,6-7,13H2,1H3. The lowest BCUT2D eigenvalue weighted by Crippen LogP contribution is -2.23. The number of sulfonamides is 1. The number of hydrogen-bond acceptors (Lipinski definition) is 5. The number of likely N-dealkylation sites (N-methyl/N-ethyl adjacent to an activating group) is 1. The fourth-order valence-electron chi connectivity index (χ4n) is 4.00. The summed E-state index contributed by atoms with van der Waals surface area (Å²) in [5.74, 6) is -1.63. The van der Waals surface area contributed by atoms with Gasteiger partial charge in [0, 0.05) is 35.3 Å². The molecule has 1 heterocycles. The van der Waals surface area contributed by atoms with E-state index < -0.39 is 56.0 Å². The molecule has 0 radical (unpaired) electrons. The van der Waals surface area contributed by atoms with Gasteiger partial charge in [0.25, 0.3) is 10.0 Å². The summed E-state index contributed by atoms with van der Waals surface area (Å²) in [7, 11) is -2.82. The molecule has 3 aromatic carbocycles. The Hall–Kier alpha value is -2.87. The highest BCUT2D eigenvalue weighted by atomic mass is 35.5. The molecule has 0 spiro atoms. The van der Waals surface area contributed by atoms with Gasteiger partial charge in [-0.05, 0) is 55.9 Å². The highest BCUT2D eigenvalue weighted by Gasteiger charge is 2.37. The molecule has 216 valence electrons. The van der Waals surface area contributed by atoms with Crippen molar-refractivity contribution in [3.05, 3.63) is 75.8 Å². The zero-order valence-corrected chi connectivity index (χ0v) is 22.7. The van der Waals surface area contributed by atoms with Crippen LogP contribution in [0.5, 0.6) is 17.2 Å². The van der Waals surface area contributed by atoms with E-state index in [1.54, 1.807) is 7.05 Å². The lowest BCUT2D eigenvalue weighted by atomic mass is 10.1. The number of alkyl halides is 6. The summed E-state index contributed by atoms with van der Waals surface area (Å²) in [6.07, 6.45) is -9.77. The second kappa shape index (κ2) is 11.2. The van der Waals surface area contributed by atoms with Crippen molar-refractivity contribution < 1.29 is 44.2 Å². The topological polar surface area (TPSA) is 67.9 Å². The minimum Gasteiger partial charge on any atom is -0.488 e. The summed E-state index contributed by atoms with van der Waals surface area (Å²) >= 11 is 11.8. The third-order valence-corrected chi connectivity index (χ3v) is 7.63. The van der Waals surface area contributed by atoms with Crippen LogP contribution in [-0.4, -0.2) is 39.6 Å². The maximum absolute atomic E-state index is 13.6. The number of rotatable bonds is 7. The number of benzene rings is 3. The average Bonchev–Trinajstić information content (AvgIpc) is 3.21. The first-order chi connectivity index (χ1) is 18.5. The number of likely N-dealkylation sites (tertiary alicyclic amines) is 1. The third-order valence-electron chi connectivity index (χ3n) is 5.81. The molecule has 0 aliphatic carbocycles. The summed E-state index contributed by atoms with van der Waals surface area (Å²) in [6, 6.07) is 7.94. The van der Waals surface area contributed by atoms with E-state index in [0.29, 0.717) is 43.8 Å². The largest absolute Gasteiger partial charge is 0.488 e. The summed E-state index contributed by atoms with van der Waals surface area (Å²) in [5, 5.41) is 0.122. The lowest BCUT2D eigenvalue weighted by molar-refractivity contribution is -0.139. The number of nitrogens with zero attached hydrogens (tertiary/aromatic N) is 1. The van der Waals surface area contributed by atoms with Gasteiger partial charge in [0.2, 0.25) is 0 Å². The summed E-state index contributed by atoms with van der Waals surface area (Å²) in [6.45, 7) is 0.984. The van der Waals surface area contributed by atoms with Crippen LogP contribution in [0.3, 0.4) is 0 Å². The minimum absolute atomic E-state index is 0.0612. The Kier molecular flexibility index (Phi) is 8.42. The van der Waals surface area contributed by atoms with Gasteiger partial charge in [-0.1, -0.05) is 23.2 Å². The third kappa shape index (κ3) is 7.25. The molecule has 1 saturated heterocycles. The van der Waals surface area contributed by atoms with E-state index in [4.69, 9.17) is 32.7 Å². The van der Waals surface area contributed by atoms with Crippen LogP contribution in [0, 0.1) is 0 Å². The van der Waals surface area contributed by atoms with Crippen LogP contribution in [0.1, 0.15) is 17.5 Å². The first kappa shape index (κ1) is 30.1. The first-order valence-electron chi connectivity index (χ1n) is 11.5. The number of hydrogen-bond donors (Lipinski definition) is 1. The zero-order chi connectivity index (χ0) is 29.5. The Labute approximate surface area is 235 Å². The quantitative estimate of drug-likeness (QED) is 0.272. The highest BCUT2D eigenvalue weighted by molar-refractivity contribution is 7.92. The molecule has 0 saturated carbocycles. The summed E-state index contributed by atoms with van der Waals surface area (Å²) < 4.78 is 121. The number of anilines is 1. The number of nitrogens with one attached hydrogen (secondary N) is 1. The van der Waals surface area contributed by atoms with Crippen LogP contribution in [0.15, 0.2) is 59.5 Å². The Morgan fingerprint density at radius 3 is 2.05 bits per heavy atom. The van der Waals surface area contributed by atoms with Crippen molar-refractivity contribution in [2.45, 2.75) is 29.8 Å². The highest BCUT2D eigenvalue weighted by Crippen LogP contribution is 2.42. The van der Waals surface area contributed by atoms with Gasteiger partial charge in [0.1, 0.15) is 23.4 Å². The normalized spacial score (nSPS) is 16.7. The van der Waals surface area contributed by atoms with E-state index in [1.165, 1.54) is 18.2 Å². The maximum Gasteiger partial charge on any atom is 0.419 e. The Balaban J connectivity index is 1.68. The average molecular weight is 629 g/mol. The van der Waals surface area contributed by atoms with Gasteiger partial charge in [-0.2, -0.15) is 26.3 Å². The molecule has 15 heteroatoms. The van der Waals surface area contributed by atoms with E-state index in [-0.39, 0.29) is 21.5 Å². The van der Waals surface area contributed by atoms with Crippen molar-refractivity contribution in [2.24, 2.45) is 0 Å². The van der Waals surface area contributed by atoms with Crippen molar-refractivity contribution in [2.75, 3.05) is 24.9 Å². The van der Waals surface area contributed by atoms with Crippen LogP contribution in [-0.2, 0) is 22.4 Å². The van der Waals surface area contributed by atoms with Gasteiger partial charge < -0.3 is 14.4 Å². The Bertz CT molecular complexity index is 1500. The molecule has 1 atom stereocenters. The second-order valence-electron chi connectivity index (χ2n) is 8.97. The van der Waals surface area contributed by atoms with Gasteiger partial charge in [0.05, 0.1) is 21.7 Å². The summed E-state index contributed by atoms with van der Waals surface area (Å²) in [5.41, 5.74) is -2.68. The molecule has 0 bridgehead atoms. The molecular weight excluding hydrogens is 609 g/mol. The Morgan fingerprint density at radius 2 is 1.48 bits per heavy atom. The zero-order valence-electron chi connectivity index (χ0n) is 20.4. The van der Waals surface area contributed by atoms with E-state index in [0.717, 1.165) is 12.1 Å². The van der Waals surface area contributed by atoms with Gasteiger partial charge in [-0.25, -0.2) is 8.42 Å². The molecule has 4 rings (SSSR count). The van der Waals surface area contributed by atoms with Crippen LogP contribution in [0.25, 0.3) is 0 Å². The molecule has 0 amide bonds. The Morgan fingerprint density at radius 1 is 0.875 bits per heavy atom. The fraction of sp³-hybridized carbons (Fsp3) is 0.280. The van der Waals surface area contributed by atoms with E-state index in [2.05, 4.69) is 4.72 Å². The van der Waals surface area contributed by atoms with Crippen LogP contribution >= 0.6 is 23.2 Å². The summed E-state index contributed by atoms with van der Waals surface area (Å²) in [4.78, 5) is 1.22. The van der Waals surface area contributed by atoms with Crippen LogP contribution in [0.2, 0.25) is 10.0 Å². The van der Waals surface area contributed by atoms with Gasteiger partial charge in [-0.3, -0.25) is 4.72 Å². The minimum atomic E-state index is -4.92. The monoisotopic (exact) mass is 628 g/mol. The molecule has 1 N–H and O–H groups in total. The van der Waals surface area contributed by atoms with Crippen LogP contribution in [0.4, 0.5) is 32.0 Å². The van der Waals surface area contributed by atoms with Crippen molar-refractivity contribution >= 4 is 38.9 Å². The van der Waals surface area contributed by atoms with Gasteiger partial charge in [0.15, 0.2) is 0 Å². The predicted octanol–water partition coefficient (Wildman–Crippen LogP) is 7.71. The van der Waals surface area contributed by atoms with Crippen molar-refractivity contribution in [3.63, 3.8) is 0 Å². The van der Waals surface area contributed by atoms with E-state index in [1.807, 2.05) is 4.90 Å². The van der Waals surface area contributed by atoms with Crippen LogP contribution < -0.4 is 14.2 Å². The van der Waals surface area contributed by atoms with E-state index >= 15 is 0 Å².